The van der Waals surface area contributed by atoms with Gasteiger partial charge in [0.1, 0.15) is 11.8 Å². The average Bonchev–Trinajstić information content (AvgIpc) is 3.23. The molecule has 198 valence electrons. The molecule has 0 aliphatic carbocycles. The smallest absolute Gasteiger partial charge is 0.255 e. The van der Waals surface area contributed by atoms with Gasteiger partial charge in [-0.3, -0.25) is 9.59 Å². The fraction of sp³-hybridized carbons (Fsp3) is 0.161. The van der Waals surface area contributed by atoms with Gasteiger partial charge in [0.25, 0.3) is 5.91 Å². The molecule has 1 heterocycles. The van der Waals surface area contributed by atoms with Crippen LogP contribution >= 0.6 is 0 Å². The van der Waals surface area contributed by atoms with Gasteiger partial charge in [0, 0.05) is 24.9 Å². The number of hydrogen-bond acceptors (Lipinski definition) is 5. The lowest BCUT2D eigenvalue weighted by Gasteiger charge is -2.26. The van der Waals surface area contributed by atoms with Crippen molar-refractivity contribution in [2.45, 2.75) is 24.0 Å². The van der Waals surface area contributed by atoms with Gasteiger partial charge in [-0.1, -0.05) is 66.7 Å². The SMILES string of the molecule is COc1ccc(-c2ccccc2CN2C(=O)c3ccccc3C2C(=O)NCc2ccc(S(C)(=O)=O)cc2)cc1. The summed E-state index contributed by atoms with van der Waals surface area (Å²) in [6.07, 6.45) is 1.15. The number of carbonyl (C=O) groups is 2. The summed E-state index contributed by atoms with van der Waals surface area (Å²) >= 11 is 0. The van der Waals surface area contributed by atoms with Crippen LogP contribution in [0.1, 0.15) is 33.1 Å². The maximum atomic E-state index is 13.6. The molecule has 4 aromatic carbocycles. The fourth-order valence-corrected chi connectivity index (χ4v) is 5.48. The molecule has 0 aromatic heterocycles. The molecule has 1 unspecified atom stereocenters. The van der Waals surface area contributed by atoms with Crippen LogP contribution in [0.5, 0.6) is 5.75 Å². The van der Waals surface area contributed by atoms with E-state index >= 15 is 0 Å². The predicted molar refractivity (Wildman–Crippen MR) is 149 cm³/mol. The molecular formula is C31H28N2O5S. The van der Waals surface area contributed by atoms with E-state index in [0.717, 1.165) is 34.3 Å². The summed E-state index contributed by atoms with van der Waals surface area (Å²) in [7, 11) is -1.69. The molecule has 1 atom stereocenters. The summed E-state index contributed by atoms with van der Waals surface area (Å²) in [6.45, 7) is 0.447. The van der Waals surface area contributed by atoms with Crippen molar-refractivity contribution in [1.82, 2.24) is 10.2 Å². The van der Waals surface area contributed by atoms with Crippen molar-refractivity contribution in [1.29, 1.82) is 0 Å². The Morgan fingerprint density at radius 1 is 0.872 bits per heavy atom. The third kappa shape index (κ3) is 5.42. The van der Waals surface area contributed by atoms with Crippen molar-refractivity contribution in [2.24, 2.45) is 0 Å². The van der Waals surface area contributed by atoms with Crippen molar-refractivity contribution >= 4 is 21.7 Å². The standard InChI is InChI=1S/C31H28N2O5S/c1-38-24-15-13-22(14-16-24)26-8-4-3-7-23(26)20-33-29(27-9-5-6-10-28(27)31(33)35)30(34)32-19-21-11-17-25(18-12-21)39(2,36)37/h3-18,29H,19-20H2,1-2H3,(H,32,34). The molecule has 1 aliphatic heterocycles. The van der Waals surface area contributed by atoms with Crippen molar-refractivity contribution in [3.63, 3.8) is 0 Å². The molecule has 0 saturated heterocycles. The van der Waals surface area contributed by atoms with E-state index in [2.05, 4.69) is 5.32 Å². The van der Waals surface area contributed by atoms with Crippen LogP contribution in [0, 0.1) is 0 Å². The van der Waals surface area contributed by atoms with E-state index < -0.39 is 15.9 Å². The fourth-order valence-electron chi connectivity index (χ4n) is 4.85. The third-order valence-electron chi connectivity index (χ3n) is 6.88. The number of carbonyl (C=O) groups excluding carboxylic acids is 2. The van der Waals surface area contributed by atoms with Crippen molar-refractivity contribution in [3.05, 3.63) is 119 Å². The van der Waals surface area contributed by atoms with E-state index in [0.29, 0.717) is 11.1 Å². The van der Waals surface area contributed by atoms with Gasteiger partial charge in [0.2, 0.25) is 5.91 Å². The summed E-state index contributed by atoms with van der Waals surface area (Å²) in [5.74, 6) is 0.249. The molecule has 1 aliphatic rings. The van der Waals surface area contributed by atoms with Gasteiger partial charge in [-0.05, 0) is 58.1 Å². The first-order chi connectivity index (χ1) is 18.8. The summed E-state index contributed by atoms with van der Waals surface area (Å²) in [6, 6.07) is 28.3. The lowest BCUT2D eigenvalue weighted by atomic mass is 9.98. The molecule has 8 heteroatoms. The molecule has 2 amide bonds. The van der Waals surface area contributed by atoms with E-state index in [1.807, 2.05) is 60.7 Å². The summed E-state index contributed by atoms with van der Waals surface area (Å²) in [5.41, 5.74) is 4.79. The van der Waals surface area contributed by atoms with Crippen molar-refractivity contribution in [3.8, 4) is 16.9 Å². The van der Waals surface area contributed by atoms with Crippen LogP contribution < -0.4 is 10.1 Å². The number of nitrogens with one attached hydrogen (secondary N) is 1. The highest BCUT2D eigenvalue weighted by Crippen LogP contribution is 2.37. The molecule has 4 aromatic rings. The molecule has 0 fully saturated rings. The minimum absolute atomic E-state index is 0.200. The van der Waals surface area contributed by atoms with Gasteiger partial charge >= 0.3 is 0 Å². The zero-order chi connectivity index (χ0) is 27.6. The number of amides is 2. The van der Waals surface area contributed by atoms with Crippen LogP contribution in [0.25, 0.3) is 11.1 Å². The number of ether oxygens (including phenoxy) is 1. The molecule has 39 heavy (non-hydrogen) atoms. The van der Waals surface area contributed by atoms with Crippen LogP contribution in [0.2, 0.25) is 0 Å². The van der Waals surface area contributed by atoms with Gasteiger partial charge in [0.15, 0.2) is 9.84 Å². The maximum Gasteiger partial charge on any atom is 0.255 e. The highest BCUT2D eigenvalue weighted by Gasteiger charge is 2.41. The molecule has 0 radical (unpaired) electrons. The van der Waals surface area contributed by atoms with Gasteiger partial charge < -0.3 is 15.0 Å². The molecule has 0 bridgehead atoms. The molecule has 7 nitrogen and oxygen atoms in total. The maximum absolute atomic E-state index is 13.6. The van der Waals surface area contributed by atoms with Crippen molar-refractivity contribution in [2.75, 3.05) is 13.4 Å². The Morgan fingerprint density at radius 3 is 2.18 bits per heavy atom. The minimum atomic E-state index is -3.31. The molecule has 0 spiro atoms. The van der Waals surface area contributed by atoms with Crippen LogP contribution in [0.4, 0.5) is 0 Å². The van der Waals surface area contributed by atoms with E-state index in [1.165, 1.54) is 12.1 Å². The number of methoxy groups -OCH3 is 1. The van der Waals surface area contributed by atoms with Crippen LogP contribution in [-0.2, 0) is 27.7 Å². The average molecular weight is 541 g/mol. The van der Waals surface area contributed by atoms with Crippen LogP contribution in [0.3, 0.4) is 0 Å². The van der Waals surface area contributed by atoms with E-state index in [1.54, 1.807) is 36.3 Å². The number of sulfone groups is 1. The van der Waals surface area contributed by atoms with Crippen molar-refractivity contribution < 1.29 is 22.7 Å². The lowest BCUT2D eigenvalue weighted by Crippen LogP contribution is -2.38. The second kappa shape index (κ2) is 10.7. The Balaban J connectivity index is 1.41. The third-order valence-corrected chi connectivity index (χ3v) is 8.01. The van der Waals surface area contributed by atoms with E-state index in [-0.39, 0.29) is 29.8 Å². The van der Waals surface area contributed by atoms with Gasteiger partial charge in [-0.15, -0.1) is 0 Å². The van der Waals surface area contributed by atoms with Gasteiger partial charge in [-0.2, -0.15) is 0 Å². The second-order valence-electron chi connectivity index (χ2n) is 9.44. The zero-order valence-electron chi connectivity index (χ0n) is 21.6. The van der Waals surface area contributed by atoms with Crippen LogP contribution in [-0.4, -0.2) is 38.5 Å². The Hall–Kier alpha value is -4.43. The first-order valence-electron chi connectivity index (χ1n) is 12.4. The summed E-state index contributed by atoms with van der Waals surface area (Å²) in [5, 5.41) is 2.94. The predicted octanol–water partition coefficient (Wildman–Crippen LogP) is 4.78. The first-order valence-corrected chi connectivity index (χ1v) is 14.3. The minimum Gasteiger partial charge on any atom is -0.497 e. The molecule has 5 rings (SSSR count). The van der Waals surface area contributed by atoms with E-state index in [4.69, 9.17) is 4.74 Å². The van der Waals surface area contributed by atoms with Crippen LogP contribution in [0.15, 0.2) is 102 Å². The number of nitrogens with zero attached hydrogens (tertiary/aromatic N) is 1. The van der Waals surface area contributed by atoms with Gasteiger partial charge in [-0.25, -0.2) is 8.42 Å². The zero-order valence-corrected chi connectivity index (χ0v) is 22.4. The number of rotatable bonds is 8. The highest BCUT2D eigenvalue weighted by molar-refractivity contribution is 7.90. The topological polar surface area (TPSA) is 92.8 Å². The summed E-state index contributed by atoms with van der Waals surface area (Å²) < 4.78 is 28.8. The lowest BCUT2D eigenvalue weighted by molar-refractivity contribution is -0.125. The highest BCUT2D eigenvalue weighted by atomic mass is 32.2. The number of benzene rings is 4. The largest absolute Gasteiger partial charge is 0.497 e. The Morgan fingerprint density at radius 2 is 1.51 bits per heavy atom. The first kappa shape index (κ1) is 26.2. The summed E-state index contributed by atoms with van der Waals surface area (Å²) in [4.78, 5) is 28.9. The quantitative estimate of drug-likeness (QED) is 0.347. The Labute approximate surface area is 228 Å². The number of fused-ring (bicyclic) bond motifs is 1. The number of hydrogen-bond donors (Lipinski definition) is 1. The normalized spacial score (nSPS) is 14.7. The Kier molecular flexibility index (Phi) is 7.21. The molecule has 0 saturated carbocycles. The molecule has 1 N–H and O–H groups in total. The molecular weight excluding hydrogens is 512 g/mol. The van der Waals surface area contributed by atoms with Gasteiger partial charge in [0.05, 0.1) is 12.0 Å². The Bertz CT molecular complexity index is 1630. The monoisotopic (exact) mass is 540 g/mol. The second-order valence-corrected chi connectivity index (χ2v) is 11.5. The van der Waals surface area contributed by atoms with E-state index in [9.17, 15) is 18.0 Å².